The molecule has 0 aliphatic heterocycles. The first-order valence-corrected chi connectivity index (χ1v) is 32.0. The molecular formula is C64H111O11P. The number of phosphoric ester groups is 1. The highest BCUT2D eigenvalue weighted by molar-refractivity contribution is 7.47. The van der Waals surface area contributed by atoms with Crippen LogP contribution in [0, 0.1) is 0 Å². The van der Waals surface area contributed by atoms with Gasteiger partial charge in [-0.05, 0) is 109 Å². The standard InChI is InChI=1S/C64H111O11P/c1-4-7-10-13-16-19-22-25-28-30-33-35-38-41-44-47-50-53-62(66)71-57-61(75-64(68)55-52-49-46-43-40-37-34-31-29-26-23-20-17-14-11-8-5-2)59-73-76(69,70)72-58-60(56-65)74-63(67)54-51-48-45-42-39-36-32-27-24-21-18-15-12-9-6-3/h7,9-10,12,16,18-19,21,25-29,32,60-61,65H,4-6,8,11,13-15,17,20,22-24,30-31,33-59H2,1-3H3,(H,69,70)/b10-7-,12-9-,19-16-,21-18-,28-25-,29-26-,32-27-. The van der Waals surface area contributed by atoms with Crippen molar-refractivity contribution in [1.29, 1.82) is 0 Å². The van der Waals surface area contributed by atoms with Crippen LogP contribution >= 0.6 is 7.82 Å². The molecule has 0 heterocycles. The van der Waals surface area contributed by atoms with Crippen molar-refractivity contribution in [3.05, 3.63) is 85.1 Å². The highest BCUT2D eigenvalue weighted by atomic mass is 31.2. The Morgan fingerprint density at radius 2 is 0.684 bits per heavy atom. The number of unbranched alkanes of at least 4 members (excludes halogenated alkanes) is 25. The smallest absolute Gasteiger partial charge is 0.462 e. The van der Waals surface area contributed by atoms with Crippen LogP contribution in [-0.2, 0) is 42.2 Å². The third kappa shape index (κ3) is 55.4. The van der Waals surface area contributed by atoms with E-state index in [2.05, 4.69) is 106 Å². The maximum atomic E-state index is 12.9. The van der Waals surface area contributed by atoms with Crippen molar-refractivity contribution in [3.8, 4) is 0 Å². The lowest BCUT2D eigenvalue weighted by atomic mass is 10.1. The Bertz CT molecular complexity index is 1600. The highest BCUT2D eigenvalue weighted by Crippen LogP contribution is 2.43. The van der Waals surface area contributed by atoms with Crippen molar-refractivity contribution in [2.75, 3.05) is 26.4 Å². The molecule has 2 N–H and O–H groups in total. The van der Waals surface area contributed by atoms with E-state index in [1.807, 2.05) is 0 Å². The molecule has 0 aliphatic carbocycles. The summed E-state index contributed by atoms with van der Waals surface area (Å²) < 4.78 is 39.6. The monoisotopic (exact) mass is 1090 g/mol. The largest absolute Gasteiger partial charge is 0.472 e. The van der Waals surface area contributed by atoms with Crippen LogP contribution in [0.15, 0.2) is 85.1 Å². The van der Waals surface area contributed by atoms with Gasteiger partial charge in [0.05, 0.1) is 19.8 Å². The molecule has 76 heavy (non-hydrogen) atoms. The van der Waals surface area contributed by atoms with Gasteiger partial charge in [0.15, 0.2) is 6.10 Å². The van der Waals surface area contributed by atoms with Gasteiger partial charge in [-0.1, -0.05) is 221 Å². The minimum absolute atomic E-state index is 0.155. The first kappa shape index (κ1) is 72.7. The Morgan fingerprint density at radius 3 is 1.07 bits per heavy atom. The van der Waals surface area contributed by atoms with Crippen LogP contribution in [-0.4, -0.2) is 66.5 Å². The van der Waals surface area contributed by atoms with Crippen molar-refractivity contribution in [3.63, 3.8) is 0 Å². The molecule has 11 nitrogen and oxygen atoms in total. The summed E-state index contributed by atoms with van der Waals surface area (Å²) in [7, 11) is -4.76. The predicted octanol–water partition coefficient (Wildman–Crippen LogP) is 18.3. The Labute approximate surface area is 464 Å². The van der Waals surface area contributed by atoms with E-state index in [1.165, 1.54) is 70.6 Å². The number of aliphatic hydroxyl groups is 1. The number of rotatable bonds is 56. The molecule has 3 atom stereocenters. The Hall–Kier alpha value is -3.34. The summed E-state index contributed by atoms with van der Waals surface area (Å²) in [6, 6.07) is 0. The van der Waals surface area contributed by atoms with E-state index in [1.54, 1.807) is 0 Å². The molecule has 0 aromatic rings. The maximum Gasteiger partial charge on any atom is 0.472 e. The third-order valence-electron chi connectivity index (χ3n) is 12.8. The molecule has 438 valence electrons. The van der Waals surface area contributed by atoms with Crippen LogP contribution in [0.5, 0.6) is 0 Å². The summed E-state index contributed by atoms with van der Waals surface area (Å²) in [5.41, 5.74) is 0. The van der Waals surface area contributed by atoms with Crippen LogP contribution in [0.3, 0.4) is 0 Å². The van der Waals surface area contributed by atoms with Gasteiger partial charge >= 0.3 is 25.7 Å². The zero-order valence-corrected chi connectivity index (χ0v) is 49.3. The van der Waals surface area contributed by atoms with E-state index in [9.17, 15) is 28.9 Å². The van der Waals surface area contributed by atoms with Gasteiger partial charge in [-0.3, -0.25) is 23.4 Å². The van der Waals surface area contributed by atoms with E-state index >= 15 is 0 Å². The molecule has 0 radical (unpaired) electrons. The summed E-state index contributed by atoms with van der Waals surface area (Å²) in [6.45, 7) is 4.40. The summed E-state index contributed by atoms with van der Waals surface area (Å²) in [6.07, 6.45) is 66.7. The van der Waals surface area contributed by atoms with Crippen LogP contribution in [0.4, 0.5) is 0 Å². The van der Waals surface area contributed by atoms with Gasteiger partial charge in [0.1, 0.15) is 12.7 Å². The number of carbonyl (C=O) groups excluding carboxylic acids is 3. The third-order valence-corrected chi connectivity index (χ3v) is 13.7. The second-order valence-corrected chi connectivity index (χ2v) is 21.6. The number of phosphoric acid groups is 1. The van der Waals surface area contributed by atoms with Crippen LogP contribution in [0.2, 0.25) is 0 Å². The number of aliphatic hydroxyl groups excluding tert-OH is 1. The summed E-state index contributed by atoms with van der Waals surface area (Å²) in [5.74, 6) is -1.49. The zero-order valence-electron chi connectivity index (χ0n) is 48.5. The minimum Gasteiger partial charge on any atom is -0.462 e. The van der Waals surface area contributed by atoms with Crippen molar-refractivity contribution in [2.45, 2.75) is 277 Å². The molecule has 0 saturated heterocycles. The lowest BCUT2D eigenvalue weighted by Gasteiger charge is -2.21. The molecule has 0 amide bonds. The topological polar surface area (TPSA) is 155 Å². The normalized spacial score (nSPS) is 13.9. The maximum absolute atomic E-state index is 12.9. The van der Waals surface area contributed by atoms with Gasteiger partial charge < -0.3 is 24.2 Å². The van der Waals surface area contributed by atoms with Gasteiger partial charge in [0.2, 0.25) is 0 Å². The van der Waals surface area contributed by atoms with E-state index in [0.29, 0.717) is 19.3 Å². The Kier molecular flexibility index (Phi) is 55.3. The van der Waals surface area contributed by atoms with Crippen LogP contribution in [0.25, 0.3) is 0 Å². The molecule has 0 bridgehead atoms. The first-order valence-electron chi connectivity index (χ1n) is 30.5. The quantitative estimate of drug-likeness (QED) is 0.0197. The van der Waals surface area contributed by atoms with Gasteiger partial charge in [-0.15, -0.1) is 0 Å². The van der Waals surface area contributed by atoms with E-state index in [0.717, 1.165) is 135 Å². The zero-order chi connectivity index (χ0) is 55.5. The number of hydrogen-bond donors (Lipinski definition) is 2. The van der Waals surface area contributed by atoms with Gasteiger partial charge in [-0.2, -0.15) is 0 Å². The number of ether oxygens (including phenoxy) is 3. The van der Waals surface area contributed by atoms with Crippen molar-refractivity contribution >= 4 is 25.7 Å². The molecule has 12 heteroatoms. The van der Waals surface area contributed by atoms with Gasteiger partial charge in [0.25, 0.3) is 0 Å². The molecule has 0 fully saturated rings. The fourth-order valence-electron chi connectivity index (χ4n) is 8.20. The SMILES string of the molecule is CC/C=C\C/C=C\C/C=C\CCCCCCCCCC(=O)OCC(COP(=O)(O)OCC(CO)OC(=O)CCCCCCC/C=C\C/C=C\C/C=C\CC)OC(=O)CCCCCCCCC/C=C\CCCCCCCC. The van der Waals surface area contributed by atoms with Gasteiger partial charge in [-0.25, -0.2) is 4.57 Å². The molecule has 0 rings (SSSR count). The average Bonchev–Trinajstić information content (AvgIpc) is 3.41. The van der Waals surface area contributed by atoms with Gasteiger partial charge in [0, 0.05) is 19.3 Å². The second kappa shape index (κ2) is 57.8. The predicted molar refractivity (Wildman–Crippen MR) is 316 cm³/mol. The number of allylic oxidation sites excluding steroid dienone is 14. The van der Waals surface area contributed by atoms with Crippen LogP contribution < -0.4 is 0 Å². The fourth-order valence-corrected chi connectivity index (χ4v) is 8.99. The summed E-state index contributed by atoms with van der Waals surface area (Å²) in [4.78, 5) is 48.7. The molecule has 0 spiro atoms. The van der Waals surface area contributed by atoms with E-state index in [4.69, 9.17) is 23.3 Å². The summed E-state index contributed by atoms with van der Waals surface area (Å²) >= 11 is 0. The average molecular weight is 1090 g/mol. The Balaban J connectivity index is 4.75. The highest BCUT2D eigenvalue weighted by Gasteiger charge is 2.28. The molecule has 0 aromatic heterocycles. The second-order valence-electron chi connectivity index (χ2n) is 20.1. The number of hydrogen-bond acceptors (Lipinski definition) is 10. The molecule has 0 aliphatic rings. The lowest BCUT2D eigenvalue weighted by Crippen LogP contribution is -2.30. The number of carbonyl (C=O) groups is 3. The molecule has 0 saturated carbocycles. The minimum atomic E-state index is -4.76. The number of esters is 3. The Morgan fingerprint density at radius 1 is 0.382 bits per heavy atom. The van der Waals surface area contributed by atoms with Crippen molar-refractivity contribution in [2.24, 2.45) is 0 Å². The first-order chi connectivity index (χ1) is 37.2. The van der Waals surface area contributed by atoms with E-state index in [-0.39, 0.29) is 25.9 Å². The lowest BCUT2D eigenvalue weighted by molar-refractivity contribution is -0.161. The fraction of sp³-hybridized carbons (Fsp3) is 0.734. The van der Waals surface area contributed by atoms with E-state index < -0.39 is 57.8 Å². The van der Waals surface area contributed by atoms with Crippen LogP contribution in [0.1, 0.15) is 265 Å². The molecule has 3 unspecified atom stereocenters. The van der Waals surface area contributed by atoms with Crippen molar-refractivity contribution in [1.82, 2.24) is 0 Å². The molecular weight excluding hydrogens is 976 g/mol. The summed E-state index contributed by atoms with van der Waals surface area (Å²) in [5, 5.41) is 9.83. The van der Waals surface area contributed by atoms with Crippen molar-refractivity contribution < 1.29 is 52.2 Å². The molecule has 0 aromatic carbocycles.